The number of β-lactam (4-membered cyclic amide) rings is 1. The molecule has 2 atom stereocenters. The highest BCUT2D eigenvalue weighted by Crippen LogP contribution is 2.25. The van der Waals surface area contributed by atoms with Crippen molar-refractivity contribution in [2.75, 3.05) is 7.05 Å². The van der Waals surface area contributed by atoms with Crippen LogP contribution in [0.25, 0.3) is 11.0 Å². The Kier molecular flexibility index (Phi) is 4.73. The van der Waals surface area contributed by atoms with Gasteiger partial charge in [-0.2, -0.15) is 0 Å². The Balaban J connectivity index is 1.78. The highest BCUT2D eigenvalue weighted by atomic mass is 35.5. The number of hydrogen-bond donors (Lipinski definition) is 2. The summed E-state index contributed by atoms with van der Waals surface area (Å²) in [5.41, 5.74) is 4.38. The summed E-state index contributed by atoms with van der Waals surface area (Å²) in [5.74, 6) is 0.236. The minimum Gasteiger partial charge on any atom is -0.317 e. The van der Waals surface area contributed by atoms with Crippen LogP contribution in [-0.4, -0.2) is 44.8 Å². The van der Waals surface area contributed by atoms with Gasteiger partial charge in [-0.15, -0.1) is 11.6 Å². The number of carbonyl (C=O) groups excluding carboxylic acids is 2. The zero-order chi connectivity index (χ0) is 17.3. The summed E-state index contributed by atoms with van der Waals surface area (Å²) in [7, 11) is 1.83. The number of aromatic nitrogens is 2. The van der Waals surface area contributed by atoms with Crippen LogP contribution in [-0.2, 0) is 22.7 Å². The minimum atomic E-state index is -0.552. The van der Waals surface area contributed by atoms with Crippen LogP contribution in [0.1, 0.15) is 19.2 Å². The lowest BCUT2D eigenvalue weighted by atomic mass is 10.0. The molecule has 0 spiro atoms. The zero-order valence-electron chi connectivity index (χ0n) is 13.6. The van der Waals surface area contributed by atoms with Crippen LogP contribution in [0, 0.1) is 0 Å². The van der Waals surface area contributed by atoms with E-state index in [1.807, 2.05) is 42.8 Å². The highest BCUT2D eigenvalue weighted by molar-refractivity contribution is 6.33. The van der Waals surface area contributed by atoms with Gasteiger partial charge < -0.3 is 9.88 Å². The maximum Gasteiger partial charge on any atom is 0.261 e. The molecule has 1 saturated heterocycles. The maximum atomic E-state index is 12.4. The van der Waals surface area contributed by atoms with Gasteiger partial charge in [-0.05, 0) is 25.6 Å². The van der Waals surface area contributed by atoms with Crippen LogP contribution in [0.15, 0.2) is 24.3 Å². The molecular formula is C16H20ClN5O2. The number of nitrogens with zero attached hydrogens (tertiary/aromatic N) is 3. The van der Waals surface area contributed by atoms with Crippen LogP contribution in [0.2, 0.25) is 0 Å². The summed E-state index contributed by atoms with van der Waals surface area (Å²) in [6.07, 6.45) is 0.694. The lowest BCUT2D eigenvalue weighted by Crippen LogP contribution is -2.68. The van der Waals surface area contributed by atoms with Gasteiger partial charge in [0.15, 0.2) is 0 Å². The number of benzene rings is 1. The van der Waals surface area contributed by atoms with E-state index in [4.69, 9.17) is 11.6 Å². The lowest BCUT2D eigenvalue weighted by Gasteiger charge is -2.43. The lowest BCUT2D eigenvalue weighted by molar-refractivity contribution is -0.156. The number of rotatable bonds is 6. The Morgan fingerprint density at radius 2 is 2.12 bits per heavy atom. The average molecular weight is 350 g/mol. The monoisotopic (exact) mass is 349 g/mol. The minimum absolute atomic E-state index is 0.0880. The van der Waals surface area contributed by atoms with Crippen LogP contribution < -0.4 is 10.7 Å². The van der Waals surface area contributed by atoms with Gasteiger partial charge in [-0.3, -0.25) is 15.0 Å². The topological polar surface area (TPSA) is 79.3 Å². The van der Waals surface area contributed by atoms with E-state index in [2.05, 4.69) is 15.7 Å². The van der Waals surface area contributed by atoms with E-state index < -0.39 is 5.38 Å². The number of fused-ring (bicyclic) bond motifs is 1. The number of alkyl halides is 1. The zero-order valence-corrected chi connectivity index (χ0v) is 14.4. The molecule has 7 nitrogen and oxygen atoms in total. The molecule has 1 aliphatic heterocycles. The molecule has 0 radical (unpaired) electrons. The van der Waals surface area contributed by atoms with E-state index >= 15 is 0 Å². The molecule has 2 aromatic rings. The molecule has 1 aliphatic rings. The Labute approximate surface area is 144 Å². The number of carbonyl (C=O) groups is 2. The van der Waals surface area contributed by atoms with Crippen molar-refractivity contribution in [3.05, 3.63) is 30.1 Å². The molecular weight excluding hydrogens is 330 g/mol. The van der Waals surface area contributed by atoms with Gasteiger partial charge in [0.2, 0.25) is 0 Å². The van der Waals surface area contributed by atoms with Gasteiger partial charge >= 0.3 is 0 Å². The summed E-state index contributed by atoms with van der Waals surface area (Å²) in [6.45, 7) is 2.57. The predicted octanol–water partition coefficient (Wildman–Crippen LogP) is 1.02. The normalized spacial score (nSPS) is 20.3. The number of amides is 2. The number of halogens is 1. The van der Waals surface area contributed by atoms with Gasteiger partial charge in [0.05, 0.1) is 23.6 Å². The largest absolute Gasteiger partial charge is 0.317 e. The van der Waals surface area contributed by atoms with E-state index in [1.54, 1.807) is 0 Å². The van der Waals surface area contributed by atoms with Crippen molar-refractivity contribution in [1.82, 2.24) is 25.3 Å². The first-order valence-corrected chi connectivity index (χ1v) is 8.35. The molecule has 1 aromatic heterocycles. The molecule has 2 unspecified atom stereocenters. The summed E-state index contributed by atoms with van der Waals surface area (Å²) < 4.78 is 1.85. The Bertz CT molecular complexity index is 775. The average Bonchev–Trinajstić information content (AvgIpc) is 2.92. The van der Waals surface area contributed by atoms with E-state index in [0.717, 1.165) is 16.9 Å². The van der Waals surface area contributed by atoms with Gasteiger partial charge in [0.1, 0.15) is 17.7 Å². The fraction of sp³-hybridized carbons (Fsp3) is 0.438. The second kappa shape index (κ2) is 6.78. The van der Waals surface area contributed by atoms with Crippen molar-refractivity contribution in [3.8, 4) is 0 Å². The first-order valence-electron chi connectivity index (χ1n) is 7.92. The second-order valence-corrected chi connectivity index (χ2v) is 6.22. The summed E-state index contributed by atoms with van der Waals surface area (Å²) in [4.78, 5) is 28.8. The molecule has 0 saturated carbocycles. The van der Waals surface area contributed by atoms with Crippen LogP contribution >= 0.6 is 11.6 Å². The van der Waals surface area contributed by atoms with E-state index in [9.17, 15) is 9.59 Å². The van der Waals surface area contributed by atoms with Crippen molar-refractivity contribution >= 4 is 34.4 Å². The molecule has 128 valence electrons. The smallest absolute Gasteiger partial charge is 0.261 e. The molecule has 3 rings (SSSR count). The molecule has 0 aliphatic carbocycles. The molecule has 2 N–H and O–H groups in total. The first-order chi connectivity index (χ1) is 11.6. The molecule has 1 aromatic carbocycles. The third kappa shape index (κ3) is 2.85. The van der Waals surface area contributed by atoms with Gasteiger partial charge in [-0.25, -0.2) is 9.99 Å². The van der Waals surface area contributed by atoms with E-state index in [1.165, 1.54) is 5.01 Å². The molecule has 1 fully saturated rings. The van der Waals surface area contributed by atoms with Crippen LogP contribution in [0.5, 0.6) is 0 Å². The Hall–Kier alpha value is -2.12. The standard InChI is InChI=1S/C16H20ClN5O2/c1-3-11-15(17)16(24)22(11)20-14(23)9-21-12-7-5-4-6-10(12)19-13(21)8-18-2/h4-7,11,15,18H,3,8-9H2,1-2H3,(H,20,23). The molecule has 2 amide bonds. The first kappa shape index (κ1) is 16.7. The van der Waals surface area contributed by atoms with Crippen molar-refractivity contribution in [3.63, 3.8) is 0 Å². The predicted molar refractivity (Wildman–Crippen MR) is 91.2 cm³/mol. The van der Waals surface area contributed by atoms with Crippen LogP contribution in [0.4, 0.5) is 0 Å². The third-order valence-corrected chi connectivity index (χ3v) is 4.65. The van der Waals surface area contributed by atoms with E-state index in [0.29, 0.717) is 13.0 Å². The van der Waals surface area contributed by atoms with Gasteiger partial charge in [0, 0.05) is 0 Å². The fourth-order valence-corrected chi connectivity index (χ4v) is 3.34. The van der Waals surface area contributed by atoms with Gasteiger partial charge in [0.25, 0.3) is 11.8 Å². The van der Waals surface area contributed by atoms with Crippen molar-refractivity contribution in [1.29, 1.82) is 0 Å². The fourth-order valence-electron chi connectivity index (χ4n) is 2.95. The van der Waals surface area contributed by atoms with Gasteiger partial charge in [-0.1, -0.05) is 19.1 Å². The van der Waals surface area contributed by atoms with Crippen molar-refractivity contribution < 1.29 is 9.59 Å². The number of hydrogen-bond acceptors (Lipinski definition) is 4. The SMILES string of the molecule is CCC1C(Cl)C(=O)N1NC(=O)Cn1c(CNC)nc2ccccc21. The number of hydrazine groups is 1. The van der Waals surface area contributed by atoms with Crippen molar-refractivity contribution in [2.24, 2.45) is 0 Å². The quantitative estimate of drug-likeness (QED) is 0.602. The summed E-state index contributed by atoms with van der Waals surface area (Å²) in [5, 5.41) is 3.83. The number of imidazole rings is 1. The molecule has 2 heterocycles. The highest BCUT2D eigenvalue weighted by Gasteiger charge is 2.46. The molecule has 24 heavy (non-hydrogen) atoms. The number of para-hydroxylation sites is 2. The third-order valence-electron chi connectivity index (χ3n) is 4.18. The van der Waals surface area contributed by atoms with Crippen molar-refractivity contribution in [2.45, 2.75) is 37.9 Å². The summed E-state index contributed by atoms with van der Waals surface area (Å²) in [6, 6.07) is 7.50. The molecule has 8 heteroatoms. The second-order valence-electron chi connectivity index (χ2n) is 5.75. The van der Waals surface area contributed by atoms with Crippen LogP contribution in [0.3, 0.4) is 0 Å². The maximum absolute atomic E-state index is 12.4. The Morgan fingerprint density at radius 3 is 2.83 bits per heavy atom. The van der Waals surface area contributed by atoms with E-state index in [-0.39, 0.29) is 24.4 Å². The molecule has 0 bridgehead atoms. The summed E-state index contributed by atoms with van der Waals surface area (Å²) >= 11 is 5.97. The number of nitrogens with one attached hydrogen (secondary N) is 2. The Morgan fingerprint density at radius 1 is 1.38 bits per heavy atom.